The summed E-state index contributed by atoms with van der Waals surface area (Å²) in [4.78, 5) is 4.60. The second-order valence-corrected chi connectivity index (χ2v) is 5.98. The van der Waals surface area contributed by atoms with Gasteiger partial charge < -0.3 is 5.32 Å². The third kappa shape index (κ3) is 3.20. The molecule has 2 aromatic rings. The predicted octanol–water partition coefficient (Wildman–Crippen LogP) is 3.39. The number of fused-ring (bicyclic) bond motifs is 1. The van der Waals surface area contributed by atoms with Crippen molar-refractivity contribution in [3.8, 4) is 0 Å². The minimum atomic E-state index is 1.11. The van der Waals surface area contributed by atoms with Crippen LogP contribution in [0.2, 0.25) is 0 Å². The lowest BCUT2D eigenvalue weighted by molar-refractivity contribution is 0.715. The van der Waals surface area contributed by atoms with Crippen LogP contribution in [0, 0.1) is 0 Å². The fraction of sp³-hybridized carbons (Fsp3) is 0.417. The lowest BCUT2D eigenvalue weighted by Gasteiger charge is -1.97. The average Bonchev–Trinajstić information content (AvgIpc) is 2.71. The minimum absolute atomic E-state index is 1.11. The van der Waals surface area contributed by atoms with E-state index in [2.05, 4.69) is 28.5 Å². The molecule has 1 heterocycles. The van der Waals surface area contributed by atoms with Gasteiger partial charge in [0, 0.05) is 5.75 Å². The van der Waals surface area contributed by atoms with Gasteiger partial charge in [-0.3, -0.25) is 0 Å². The van der Waals surface area contributed by atoms with Crippen molar-refractivity contribution in [3.63, 3.8) is 0 Å². The summed E-state index contributed by atoms with van der Waals surface area (Å²) in [5.41, 5.74) is 1.13. The van der Waals surface area contributed by atoms with Crippen LogP contribution in [0.15, 0.2) is 28.6 Å². The third-order valence-corrected chi connectivity index (χ3v) is 4.59. The van der Waals surface area contributed by atoms with Crippen LogP contribution in [0.25, 0.3) is 10.2 Å². The third-order valence-electron chi connectivity index (χ3n) is 2.32. The highest BCUT2D eigenvalue weighted by atomic mass is 32.2. The minimum Gasteiger partial charge on any atom is -0.320 e. The van der Waals surface area contributed by atoms with Crippen molar-refractivity contribution in [2.45, 2.75) is 17.2 Å². The normalized spacial score (nSPS) is 11.1. The van der Waals surface area contributed by atoms with E-state index in [1.54, 1.807) is 11.3 Å². The molecule has 2 nitrogen and oxygen atoms in total. The first-order valence-electron chi connectivity index (χ1n) is 5.53. The number of thioether (sulfide) groups is 1. The molecule has 0 spiro atoms. The molecular formula is C12H16N2S2. The Morgan fingerprint density at radius 1 is 1.31 bits per heavy atom. The summed E-state index contributed by atoms with van der Waals surface area (Å²) in [6, 6.07) is 8.33. The zero-order valence-electron chi connectivity index (χ0n) is 9.40. The molecule has 1 N–H and O–H groups in total. The summed E-state index contributed by atoms with van der Waals surface area (Å²) in [7, 11) is 2.00. The van der Waals surface area contributed by atoms with E-state index in [-0.39, 0.29) is 0 Å². The average molecular weight is 252 g/mol. The molecule has 0 aliphatic rings. The quantitative estimate of drug-likeness (QED) is 0.630. The Bertz CT molecular complexity index is 406. The molecule has 0 aliphatic heterocycles. The van der Waals surface area contributed by atoms with Crippen molar-refractivity contribution >= 4 is 33.3 Å². The van der Waals surface area contributed by atoms with E-state index >= 15 is 0 Å². The molecule has 1 aromatic carbocycles. The van der Waals surface area contributed by atoms with E-state index < -0.39 is 0 Å². The van der Waals surface area contributed by atoms with E-state index in [0.717, 1.165) is 12.1 Å². The summed E-state index contributed by atoms with van der Waals surface area (Å²) in [5.74, 6) is 1.17. The zero-order chi connectivity index (χ0) is 11.2. The fourth-order valence-electron chi connectivity index (χ4n) is 1.48. The molecule has 0 bridgehead atoms. The first kappa shape index (κ1) is 11.9. The molecular weight excluding hydrogens is 236 g/mol. The van der Waals surface area contributed by atoms with Gasteiger partial charge >= 0.3 is 0 Å². The predicted molar refractivity (Wildman–Crippen MR) is 73.5 cm³/mol. The number of unbranched alkanes of at least 4 members (excludes halogenated alkanes) is 1. The van der Waals surface area contributed by atoms with Crippen molar-refractivity contribution in [1.82, 2.24) is 10.3 Å². The maximum absolute atomic E-state index is 4.60. The van der Waals surface area contributed by atoms with Gasteiger partial charge in [0.2, 0.25) is 0 Å². The molecule has 0 saturated heterocycles. The number of rotatable bonds is 6. The van der Waals surface area contributed by atoms with Crippen LogP contribution in [0.3, 0.4) is 0 Å². The van der Waals surface area contributed by atoms with Gasteiger partial charge in [0.05, 0.1) is 10.2 Å². The molecule has 0 fully saturated rings. The smallest absolute Gasteiger partial charge is 0.151 e. The number of hydrogen-bond donors (Lipinski definition) is 1. The lowest BCUT2D eigenvalue weighted by Crippen LogP contribution is -2.07. The summed E-state index contributed by atoms with van der Waals surface area (Å²) in [6.45, 7) is 1.11. The number of hydrogen-bond acceptors (Lipinski definition) is 4. The van der Waals surface area contributed by atoms with Gasteiger partial charge in [-0.15, -0.1) is 11.3 Å². The van der Waals surface area contributed by atoms with Gasteiger partial charge in [-0.25, -0.2) is 4.98 Å². The second-order valence-electron chi connectivity index (χ2n) is 3.61. The molecule has 16 heavy (non-hydrogen) atoms. The van der Waals surface area contributed by atoms with E-state index in [0.29, 0.717) is 0 Å². The van der Waals surface area contributed by atoms with Crippen LogP contribution in [0.5, 0.6) is 0 Å². The van der Waals surface area contributed by atoms with Crippen molar-refractivity contribution < 1.29 is 0 Å². The number of benzene rings is 1. The topological polar surface area (TPSA) is 24.9 Å². The summed E-state index contributed by atoms with van der Waals surface area (Å²) in [6.07, 6.45) is 2.50. The van der Waals surface area contributed by atoms with Crippen molar-refractivity contribution in [2.75, 3.05) is 19.3 Å². The van der Waals surface area contributed by atoms with Gasteiger partial charge in [-0.1, -0.05) is 23.9 Å². The fourth-order valence-corrected chi connectivity index (χ4v) is 3.61. The lowest BCUT2D eigenvalue weighted by atomic mass is 10.3. The summed E-state index contributed by atoms with van der Waals surface area (Å²) < 4.78 is 2.49. The molecule has 1 aromatic heterocycles. The molecule has 0 atom stereocenters. The van der Waals surface area contributed by atoms with E-state index in [9.17, 15) is 0 Å². The number of nitrogens with one attached hydrogen (secondary N) is 1. The molecule has 0 saturated carbocycles. The monoisotopic (exact) mass is 252 g/mol. The van der Waals surface area contributed by atoms with Gasteiger partial charge in [-0.05, 0) is 38.6 Å². The van der Waals surface area contributed by atoms with E-state index in [1.165, 1.54) is 27.6 Å². The highest BCUT2D eigenvalue weighted by Crippen LogP contribution is 2.29. The second kappa shape index (κ2) is 6.23. The number of para-hydroxylation sites is 1. The molecule has 0 unspecified atom stereocenters. The Balaban J connectivity index is 1.85. The van der Waals surface area contributed by atoms with Crippen molar-refractivity contribution in [2.24, 2.45) is 0 Å². The molecule has 0 aliphatic carbocycles. The van der Waals surface area contributed by atoms with Gasteiger partial charge in [0.15, 0.2) is 4.34 Å². The van der Waals surface area contributed by atoms with Crippen LogP contribution in [0.4, 0.5) is 0 Å². The van der Waals surface area contributed by atoms with Crippen LogP contribution in [-0.2, 0) is 0 Å². The first-order chi connectivity index (χ1) is 7.90. The van der Waals surface area contributed by atoms with Crippen LogP contribution >= 0.6 is 23.1 Å². The molecule has 0 radical (unpaired) electrons. The SMILES string of the molecule is CNCCCCSc1nc2ccccc2s1. The van der Waals surface area contributed by atoms with Crippen LogP contribution in [-0.4, -0.2) is 24.3 Å². The Morgan fingerprint density at radius 2 is 2.19 bits per heavy atom. The highest BCUT2D eigenvalue weighted by molar-refractivity contribution is 8.01. The Morgan fingerprint density at radius 3 is 3.00 bits per heavy atom. The summed E-state index contributed by atoms with van der Waals surface area (Å²) >= 11 is 3.67. The van der Waals surface area contributed by atoms with Gasteiger partial charge in [0.1, 0.15) is 0 Å². The molecule has 86 valence electrons. The van der Waals surface area contributed by atoms with Gasteiger partial charge in [0.25, 0.3) is 0 Å². The van der Waals surface area contributed by atoms with Crippen molar-refractivity contribution in [3.05, 3.63) is 24.3 Å². The number of nitrogens with zero attached hydrogens (tertiary/aromatic N) is 1. The summed E-state index contributed by atoms with van der Waals surface area (Å²) in [5, 5.41) is 3.17. The number of aromatic nitrogens is 1. The van der Waals surface area contributed by atoms with Crippen molar-refractivity contribution in [1.29, 1.82) is 0 Å². The van der Waals surface area contributed by atoms with E-state index in [1.807, 2.05) is 24.9 Å². The van der Waals surface area contributed by atoms with Crippen LogP contribution < -0.4 is 5.32 Å². The highest BCUT2D eigenvalue weighted by Gasteiger charge is 2.02. The molecule has 0 amide bonds. The standard InChI is InChI=1S/C12H16N2S2/c1-13-8-4-5-9-15-12-14-10-6-2-3-7-11(10)16-12/h2-3,6-7,13H,4-5,8-9H2,1H3. The zero-order valence-corrected chi connectivity index (χ0v) is 11.0. The maximum atomic E-state index is 4.60. The maximum Gasteiger partial charge on any atom is 0.151 e. The Kier molecular flexibility index (Phi) is 4.63. The van der Waals surface area contributed by atoms with Gasteiger partial charge in [-0.2, -0.15) is 0 Å². The number of thiazole rings is 1. The Labute approximate surface area is 104 Å². The Hall–Kier alpha value is -0.580. The molecule has 4 heteroatoms. The van der Waals surface area contributed by atoms with E-state index in [4.69, 9.17) is 0 Å². The van der Waals surface area contributed by atoms with Crippen LogP contribution in [0.1, 0.15) is 12.8 Å². The first-order valence-corrected chi connectivity index (χ1v) is 7.33. The molecule has 2 rings (SSSR count). The largest absolute Gasteiger partial charge is 0.320 e.